The van der Waals surface area contributed by atoms with E-state index >= 15 is 0 Å². The molecule has 0 bridgehead atoms. The largest absolute Gasteiger partial charge is 0.341 e. The molecule has 1 aliphatic heterocycles. The number of nitrogens with zero attached hydrogens (tertiary/aromatic N) is 1. The van der Waals surface area contributed by atoms with Gasteiger partial charge in [-0.2, -0.15) is 0 Å². The van der Waals surface area contributed by atoms with E-state index < -0.39 is 0 Å². The second-order valence-corrected chi connectivity index (χ2v) is 6.17. The van der Waals surface area contributed by atoms with Gasteiger partial charge in [-0.25, -0.2) is 0 Å². The van der Waals surface area contributed by atoms with Crippen LogP contribution in [0.1, 0.15) is 48.2 Å². The molecule has 1 aliphatic rings. The van der Waals surface area contributed by atoms with E-state index in [1.54, 1.807) is 4.90 Å². The van der Waals surface area contributed by atoms with Crippen LogP contribution in [0.3, 0.4) is 0 Å². The number of hydrogen-bond acceptors (Lipinski definition) is 2. The number of benzene rings is 1. The Bertz CT molecular complexity index is 474. The van der Waals surface area contributed by atoms with Crippen molar-refractivity contribution in [1.82, 2.24) is 4.90 Å². The molecule has 0 saturated heterocycles. The van der Waals surface area contributed by atoms with Crippen LogP contribution in [-0.4, -0.2) is 30.9 Å². The van der Waals surface area contributed by atoms with E-state index in [0.29, 0.717) is 6.54 Å². The third-order valence-electron chi connectivity index (χ3n) is 3.72. The van der Waals surface area contributed by atoms with Gasteiger partial charge in [-0.1, -0.05) is 32.9 Å². The van der Waals surface area contributed by atoms with Crippen LogP contribution in [0.25, 0.3) is 0 Å². The van der Waals surface area contributed by atoms with Crippen molar-refractivity contribution >= 4 is 5.91 Å². The summed E-state index contributed by atoms with van der Waals surface area (Å²) < 4.78 is 0. The number of nitrogens with two attached hydrogens (primary N) is 1. The molecule has 3 heteroatoms. The Morgan fingerprint density at radius 3 is 2.61 bits per heavy atom. The van der Waals surface area contributed by atoms with Gasteiger partial charge in [0.15, 0.2) is 0 Å². The summed E-state index contributed by atoms with van der Waals surface area (Å²) >= 11 is 0. The van der Waals surface area contributed by atoms with Crippen LogP contribution in [0.5, 0.6) is 0 Å². The molecular weight excluding hydrogens is 224 g/mol. The lowest BCUT2D eigenvalue weighted by atomic mass is 9.81. The molecule has 1 heterocycles. The number of carbonyl (C=O) groups is 1. The summed E-state index contributed by atoms with van der Waals surface area (Å²) in [5, 5.41) is 0. The van der Waals surface area contributed by atoms with Crippen molar-refractivity contribution in [2.45, 2.75) is 32.1 Å². The highest BCUT2D eigenvalue weighted by atomic mass is 16.2. The van der Waals surface area contributed by atoms with Gasteiger partial charge in [-0.15, -0.1) is 0 Å². The van der Waals surface area contributed by atoms with E-state index in [1.165, 1.54) is 5.56 Å². The summed E-state index contributed by atoms with van der Waals surface area (Å²) in [6.07, 6.45) is 0. The molecule has 3 nitrogen and oxygen atoms in total. The highest BCUT2D eigenvalue weighted by Gasteiger charge is 2.29. The Morgan fingerprint density at radius 2 is 2.06 bits per heavy atom. The minimum Gasteiger partial charge on any atom is -0.341 e. The summed E-state index contributed by atoms with van der Waals surface area (Å²) in [6, 6.07) is 6.24. The van der Waals surface area contributed by atoms with Gasteiger partial charge in [0.1, 0.15) is 0 Å². The number of carbonyl (C=O) groups excluding carboxylic acids is 1. The molecule has 1 aromatic rings. The van der Waals surface area contributed by atoms with Gasteiger partial charge >= 0.3 is 0 Å². The lowest BCUT2D eigenvalue weighted by Gasteiger charge is -2.32. The molecular formula is C15H22N2O. The summed E-state index contributed by atoms with van der Waals surface area (Å²) in [6.45, 7) is 7.78. The first-order valence-corrected chi connectivity index (χ1v) is 6.44. The fourth-order valence-electron chi connectivity index (χ4n) is 2.48. The Hall–Kier alpha value is -1.35. The SMILES string of the molecule is CN1CC(CN)c2ccc(C(C)(C)C)cc2C1=O. The molecule has 1 amide bonds. The molecule has 0 radical (unpaired) electrons. The van der Waals surface area contributed by atoms with Crippen molar-refractivity contribution in [2.75, 3.05) is 20.1 Å². The highest BCUT2D eigenvalue weighted by molar-refractivity contribution is 5.97. The number of rotatable bonds is 1. The first-order valence-electron chi connectivity index (χ1n) is 6.44. The molecule has 1 unspecified atom stereocenters. The van der Waals surface area contributed by atoms with E-state index in [1.807, 2.05) is 13.1 Å². The monoisotopic (exact) mass is 246 g/mol. The minimum atomic E-state index is 0.0591. The highest BCUT2D eigenvalue weighted by Crippen LogP contribution is 2.31. The summed E-state index contributed by atoms with van der Waals surface area (Å²) in [5.74, 6) is 0.373. The molecule has 1 aromatic carbocycles. The van der Waals surface area contributed by atoms with Crippen LogP contribution < -0.4 is 5.73 Å². The summed E-state index contributed by atoms with van der Waals surface area (Å²) in [7, 11) is 1.84. The van der Waals surface area contributed by atoms with E-state index in [9.17, 15) is 4.79 Å². The predicted molar refractivity (Wildman–Crippen MR) is 73.9 cm³/mol. The fraction of sp³-hybridized carbons (Fsp3) is 0.533. The quantitative estimate of drug-likeness (QED) is 0.825. The van der Waals surface area contributed by atoms with Crippen molar-refractivity contribution in [3.63, 3.8) is 0 Å². The maximum atomic E-state index is 12.2. The lowest BCUT2D eigenvalue weighted by Crippen LogP contribution is -2.39. The number of fused-ring (bicyclic) bond motifs is 1. The number of likely N-dealkylation sites (N-methyl/N-ethyl adjacent to an activating group) is 1. The molecule has 0 fully saturated rings. The molecule has 0 spiro atoms. The molecule has 98 valence electrons. The first kappa shape index (κ1) is 13.1. The molecule has 1 atom stereocenters. The number of hydrogen-bond donors (Lipinski definition) is 1. The molecule has 18 heavy (non-hydrogen) atoms. The lowest BCUT2D eigenvalue weighted by molar-refractivity contribution is 0.0766. The Morgan fingerprint density at radius 1 is 1.39 bits per heavy atom. The summed E-state index contributed by atoms with van der Waals surface area (Å²) in [4.78, 5) is 14.0. The average Bonchev–Trinajstić information content (AvgIpc) is 2.32. The molecule has 0 aliphatic carbocycles. The van der Waals surface area contributed by atoms with Crippen molar-refractivity contribution in [3.8, 4) is 0 Å². The van der Waals surface area contributed by atoms with Crippen molar-refractivity contribution in [3.05, 3.63) is 34.9 Å². The van der Waals surface area contributed by atoms with Crippen LogP contribution in [0.2, 0.25) is 0 Å². The van der Waals surface area contributed by atoms with Crippen molar-refractivity contribution in [2.24, 2.45) is 5.73 Å². The fourth-order valence-corrected chi connectivity index (χ4v) is 2.48. The van der Waals surface area contributed by atoms with Gasteiger partial charge in [0.2, 0.25) is 0 Å². The van der Waals surface area contributed by atoms with E-state index in [-0.39, 0.29) is 17.2 Å². The van der Waals surface area contributed by atoms with Crippen LogP contribution in [-0.2, 0) is 5.41 Å². The van der Waals surface area contributed by atoms with Gasteiger partial charge < -0.3 is 10.6 Å². The topological polar surface area (TPSA) is 46.3 Å². The Labute approximate surface area is 109 Å². The minimum absolute atomic E-state index is 0.0591. The van der Waals surface area contributed by atoms with Gasteiger partial charge in [-0.05, 0) is 22.6 Å². The molecule has 0 saturated carbocycles. The smallest absolute Gasteiger partial charge is 0.253 e. The molecule has 2 rings (SSSR count). The van der Waals surface area contributed by atoms with Gasteiger partial charge in [0.05, 0.1) is 0 Å². The maximum Gasteiger partial charge on any atom is 0.253 e. The Balaban J connectivity index is 2.53. The zero-order chi connectivity index (χ0) is 13.5. The third kappa shape index (κ3) is 2.15. The second kappa shape index (κ2) is 4.39. The Kier molecular flexibility index (Phi) is 3.20. The maximum absolute atomic E-state index is 12.2. The van der Waals surface area contributed by atoms with Gasteiger partial charge in [0.25, 0.3) is 5.91 Å². The van der Waals surface area contributed by atoms with Gasteiger partial charge in [0, 0.05) is 31.6 Å². The van der Waals surface area contributed by atoms with Crippen molar-refractivity contribution < 1.29 is 4.79 Å². The second-order valence-electron chi connectivity index (χ2n) is 6.17. The average molecular weight is 246 g/mol. The van der Waals surface area contributed by atoms with E-state index in [4.69, 9.17) is 5.73 Å². The van der Waals surface area contributed by atoms with Crippen LogP contribution in [0, 0.1) is 0 Å². The zero-order valence-electron chi connectivity index (χ0n) is 11.7. The van der Waals surface area contributed by atoms with Gasteiger partial charge in [-0.3, -0.25) is 4.79 Å². The predicted octanol–water partition coefficient (Wildman–Crippen LogP) is 2.11. The van der Waals surface area contributed by atoms with E-state index in [2.05, 4.69) is 32.9 Å². The standard InChI is InChI=1S/C15H22N2O/c1-15(2,3)11-5-6-12-10(8-16)9-17(4)14(18)13(12)7-11/h5-7,10H,8-9,16H2,1-4H3. The van der Waals surface area contributed by atoms with E-state index in [0.717, 1.165) is 17.7 Å². The van der Waals surface area contributed by atoms with Crippen LogP contribution >= 0.6 is 0 Å². The van der Waals surface area contributed by atoms with Crippen LogP contribution in [0.4, 0.5) is 0 Å². The third-order valence-corrected chi connectivity index (χ3v) is 3.72. The molecule has 2 N–H and O–H groups in total. The van der Waals surface area contributed by atoms with Crippen LogP contribution in [0.15, 0.2) is 18.2 Å². The number of amides is 1. The van der Waals surface area contributed by atoms with Crippen molar-refractivity contribution in [1.29, 1.82) is 0 Å². The normalized spacial score (nSPS) is 19.9. The zero-order valence-corrected chi connectivity index (χ0v) is 11.7. The molecule has 0 aromatic heterocycles. The first-order chi connectivity index (χ1) is 8.34. The summed E-state index contributed by atoms with van der Waals surface area (Å²) in [5.41, 5.74) is 9.00.